The van der Waals surface area contributed by atoms with Gasteiger partial charge in [-0.25, -0.2) is 0 Å². The first-order chi connectivity index (χ1) is 18.2. The molecule has 1 saturated heterocycles. The number of ether oxygens (including phenoxy) is 3. The van der Waals surface area contributed by atoms with Gasteiger partial charge in [-0.15, -0.1) is 0 Å². The maximum Gasteiger partial charge on any atom is 0.119 e. The Labute approximate surface area is 223 Å². The average Bonchev–Trinajstić information content (AvgIpc) is 3.26. The summed E-state index contributed by atoms with van der Waals surface area (Å²) in [6, 6.07) is 22.5. The van der Waals surface area contributed by atoms with Gasteiger partial charge in [-0.1, -0.05) is 75.2 Å². The molecule has 37 heavy (non-hydrogen) atoms. The smallest absolute Gasteiger partial charge is 0.119 e. The highest BCUT2D eigenvalue weighted by Crippen LogP contribution is 2.39. The van der Waals surface area contributed by atoms with Gasteiger partial charge in [0.15, 0.2) is 0 Å². The van der Waals surface area contributed by atoms with Crippen molar-refractivity contribution < 1.29 is 14.2 Å². The summed E-state index contributed by atoms with van der Waals surface area (Å²) in [7, 11) is 0. The molecule has 1 aliphatic carbocycles. The number of unbranched alkanes of at least 4 members (excludes halogenated alkanes) is 3. The monoisotopic (exact) mass is 498 g/mol. The van der Waals surface area contributed by atoms with Gasteiger partial charge in [-0.05, 0) is 89.6 Å². The van der Waals surface area contributed by atoms with Crippen molar-refractivity contribution in [3.8, 4) is 28.0 Å². The van der Waals surface area contributed by atoms with E-state index < -0.39 is 0 Å². The number of aryl methyl sites for hydroxylation is 1. The fourth-order valence-electron chi connectivity index (χ4n) is 5.55. The van der Waals surface area contributed by atoms with Crippen LogP contribution in [0.25, 0.3) is 22.3 Å². The molecule has 3 nitrogen and oxygen atoms in total. The summed E-state index contributed by atoms with van der Waals surface area (Å²) in [4.78, 5) is 0. The van der Waals surface area contributed by atoms with E-state index in [1.54, 1.807) is 0 Å². The number of rotatable bonds is 14. The molecule has 2 aliphatic rings. The lowest BCUT2D eigenvalue weighted by molar-refractivity contribution is -0.150. The molecular formula is C34H42O3. The van der Waals surface area contributed by atoms with Crippen LogP contribution in [0, 0.1) is 5.41 Å². The standard InChI is InChI=1S/C34H42O3/c1-3-9-26-10-16-32-29(20-26)22-30-21-28(13-17-33(30)32)27-11-14-31(15-12-27)37-19-8-6-5-7-18-35-23-34(4-2)24-36-25-34/h10-17,20-21H,3-9,18-19,22-25H2,1-2H3. The molecular weight excluding hydrogens is 456 g/mol. The highest BCUT2D eigenvalue weighted by molar-refractivity contribution is 5.80. The van der Waals surface area contributed by atoms with E-state index in [1.165, 1.54) is 58.2 Å². The molecule has 5 rings (SSSR count). The second-order valence-corrected chi connectivity index (χ2v) is 11.0. The molecule has 0 saturated carbocycles. The maximum atomic E-state index is 6.01. The molecule has 1 heterocycles. The van der Waals surface area contributed by atoms with Gasteiger partial charge < -0.3 is 14.2 Å². The summed E-state index contributed by atoms with van der Waals surface area (Å²) in [6.45, 7) is 8.69. The van der Waals surface area contributed by atoms with Crippen molar-refractivity contribution in [1.82, 2.24) is 0 Å². The van der Waals surface area contributed by atoms with Crippen LogP contribution >= 0.6 is 0 Å². The highest BCUT2D eigenvalue weighted by Gasteiger charge is 2.36. The summed E-state index contributed by atoms with van der Waals surface area (Å²) in [5.41, 5.74) is 10.0. The maximum absolute atomic E-state index is 6.01. The third-order valence-corrected chi connectivity index (χ3v) is 8.10. The Morgan fingerprint density at radius 3 is 2.16 bits per heavy atom. The minimum absolute atomic E-state index is 0.300. The normalized spacial score (nSPS) is 15.2. The second kappa shape index (κ2) is 12.3. The van der Waals surface area contributed by atoms with E-state index in [0.717, 1.165) is 70.9 Å². The molecule has 0 atom stereocenters. The lowest BCUT2D eigenvalue weighted by atomic mass is 9.84. The van der Waals surface area contributed by atoms with E-state index in [0.29, 0.717) is 5.41 Å². The zero-order chi connectivity index (χ0) is 25.5. The molecule has 3 heteroatoms. The summed E-state index contributed by atoms with van der Waals surface area (Å²) in [6.07, 6.45) is 9.13. The first-order valence-corrected chi connectivity index (χ1v) is 14.3. The molecule has 0 N–H and O–H groups in total. The summed E-state index contributed by atoms with van der Waals surface area (Å²) < 4.78 is 17.3. The van der Waals surface area contributed by atoms with Crippen LogP contribution in [0.15, 0.2) is 60.7 Å². The molecule has 1 fully saturated rings. The van der Waals surface area contributed by atoms with Gasteiger partial charge in [-0.3, -0.25) is 0 Å². The first-order valence-electron chi connectivity index (χ1n) is 14.3. The van der Waals surface area contributed by atoms with Crippen molar-refractivity contribution in [2.24, 2.45) is 5.41 Å². The zero-order valence-electron chi connectivity index (χ0n) is 22.7. The van der Waals surface area contributed by atoms with Gasteiger partial charge >= 0.3 is 0 Å². The lowest BCUT2D eigenvalue weighted by Gasteiger charge is -2.40. The molecule has 0 radical (unpaired) electrons. The third kappa shape index (κ3) is 6.27. The topological polar surface area (TPSA) is 27.7 Å². The molecule has 196 valence electrons. The third-order valence-electron chi connectivity index (χ3n) is 8.10. The van der Waals surface area contributed by atoms with E-state index in [1.807, 2.05) is 0 Å². The van der Waals surface area contributed by atoms with Crippen molar-refractivity contribution >= 4 is 0 Å². The predicted octanol–water partition coefficient (Wildman–Crippen LogP) is 8.26. The Balaban J connectivity index is 1.03. The molecule has 0 aromatic heterocycles. The fraction of sp³-hybridized carbons (Fsp3) is 0.471. The van der Waals surface area contributed by atoms with E-state index in [2.05, 4.69) is 74.5 Å². The summed E-state index contributed by atoms with van der Waals surface area (Å²) in [5.74, 6) is 0.955. The molecule has 0 bridgehead atoms. The molecule has 0 amide bonds. The minimum Gasteiger partial charge on any atom is -0.494 e. The highest BCUT2D eigenvalue weighted by atomic mass is 16.5. The number of fused-ring (bicyclic) bond motifs is 3. The summed E-state index contributed by atoms with van der Waals surface area (Å²) in [5, 5.41) is 0. The Morgan fingerprint density at radius 1 is 0.757 bits per heavy atom. The molecule has 0 unspecified atom stereocenters. The molecule has 3 aromatic carbocycles. The van der Waals surface area contributed by atoms with Crippen LogP contribution in [-0.4, -0.2) is 33.0 Å². The zero-order valence-corrected chi connectivity index (χ0v) is 22.7. The Bertz CT molecular complexity index is 1150. The summed E-state index contributed by atoms with van der Waals surface area (Å²) >= 11 is 0. The van der Waals surface area contributed by atoms with Gasteiger partial charge in [0.05, 0.1) is 26.4 Å². The van der Waals surface area contributed by atoms with Crippen LogP contribution in [0.3, 0.4) is 0 Å². The van der Waals surface area contributed by atoms with Crippen LogP contribution in [-0.2, 0) is 22.3 Å². The van der Waals surface area contributed by atoms with Gasteiger partial charge in [0.2, 0.25) is 0 Å². The lowest BCUT2D eigenvalue weighted by Crippen LogP contribution is -2.45. The number of benzene rings is 3. The van der Waals surface area contributed by atoms with Crippen LogP contribution in [0.2, 0.25) is 0 Å². The Kier molecular flexibility index (Phi) is 8.63. The van der Waals surface area contributed by atoms with Crippen LogP contribution in [0.5, 0.6) is 5.75 Å². The van der Waals surface area contributed by atoms with E-state index in [4.69, 9.17) is 14.2 Å². The SMILES string of the molecule is CCCc1ccc2c(c1)Cc1cc(-c3ccc(OCCCCCCOCC4(CC)COC4)cc3)ccc1-2. The Morgan fingerprint density at radius 2 is 1.46 bits per heavy atom. The van der Waals surface area contributed by atoms with Crippen molar-refractivity contribution in [3.63, 3.8) is 0 Å². The van der Waals surface area contributed by atoms with Gasteiger partial charge in [0.25, 0.3) is 0 Å². The van der Waals surface area contributed by atoms with Crippen LogP contribution in [0.1, 0.15) is 69.1 Å². The van der Waals surface area contributed by atoms with Crippen molar-refractivity contribution in [2.45, 2.75) is 65.2 Å². The average molecular weight is 499 g/mol. The van der Waals surface area contributed by atoms with Gasteiger partial charge in [-0.2, -0.15) is 0 Å². The van der Waals surface area contributed by atoms with Crippen molar-refractivity contribution in [2.75, 3.05) is 33.0 Å². The molecule has 1 aliphatic heterocycles. The predicted molar refractivity (Wildman–Crippen MR) is 152 cm³/mol. The Hall–Kier alpha value is -2.62. The van der Waals surface area contributed by atoms with E-state index in [-0.39, 0.29) is 0 Å². The molecule has 3 aromatic rings. The largest absolute Gasteiger partial charge is 0.494 e. The first kappa shape index (κ1) is 26.0. The molecule has 0 spiro atoms. The fourth-order valence-corrected chi connectivity index (χ4v) is 5.55. The van der Waals surface area contributed by atoms with Crippen LogP contribution < -0.4 is 4.74 Å². The van der Waals surface area contributed by atoms with E-state index >= 15 is 0 Å². The number of hydrogen-bond donors (Lipinski definition) is 0. The van der Waals surface area contributed by atoms with Gasteiger partial charge in [0.1, 0.15) is 5.75 Å². The van der Waals surface area contributed by atoms with Crippen LogP contribution in [0.4, 0.5) is 0 Å². The second-order valence-electron chi connectivity index (χ2n) is 11.0. The van der Waals surface area contributed by atoms with E-state index in [9.17, 15) is 0 Å². The quantitative estimate of drug-likeness (QED) is 0.164. The number of hydrogen-bond acceptors (Lipinski definition) is 3. The van der Waals surface area contributed by atoms with Crippen molar-refractivity contribution in [3.05, 3.63) is 77.4 Å². The minimum atomic E-state index is 0.300. The van der Waals surface area contributed by atoms with Crippen molar-refractivity contribution in [1.29, 1.82) is 0 Å². The van der Waals surface area contributed by atoms with Gasteiger partial charge in [0, 0.05) is 12.0 Å².